The number of thiophene rings is 1. The normalized spacial score (nSPS) is 11.6. The van der Waals surface area contributed by atoms with Gasteiger partial charge in [-0.15, -0.1) is 11.3 Å². The molecule has 4 nitrogen and oxygen atoms in total. The van der Waals surface area contributed by atoms with E-state index in [1.165, 1.54) is 53.2 Å². The van der Waals surface area contributed by atoms with Gasteiger partial charge in [-0.1, -0.05) is 146 Å². The van der Waals surface area contributed by atoms with E-state index in [0.29, 0.717) is 17.5 Å². The molecule has 0 saturated heterocycles. The van der Waals surface area contributed by atoms with E-state index in [4.69, 9.17) is 15.0 Å². The van der Waals surface area contributed by atoms with Crippen molar-refractivity contribution in [2.75, 3.05) is 0 Å². The van der Waals surface area contributed by atoms with Crippen molar-refractivity contribution in [3.8, 4) is 51.0 Å². The highest BCUT2D eigenvalue weighted by Crippen LogP contribution is 2.46. The summed E-state index contributed by atoms with van der Waals surface area (Å²) in [5, 5.41) is 5.15. The number of benzene rings is 7. The predicted molar refractivity (Wildman–Crippen MR) is 209 cm³/mol. The van der Waals surface area contributed by atoms with Crippen LogP contribution in [0.5, 0.6) is 0 Å². The van der Waals surface area contributed by atoms with Crippen LogP contribution >= 0.6 is 11.3 Å². The Kier molecular flexibility index (Phi) is 6.64. The van der Waals surface area contributed by atoms with E-state index in [1.807, 2.05) is 72.0 Å². The zero-order valence-corrected chi connectivity index (χ0v) is 27.7. The molecule has 0 fully saturated rings. The Bertz CT molecular complexity index is 2780. The Morgan fingerprint density at radius 2 is 0.880 bits per heavy atom. The maximum absolute atomic E-state index is 4.94. The summed E-state index contributed by atoms with van der Waals surface area (Å²) in [5.41, 5.74) is 8.87. The highest BCUT2D eigenvalue weighted by Gasteiger charge is 2.19. The van der Waals surface area contributed by atoms with E-state index in [0.717, 1.165) is 22.3 Å². The molecule has 234 valence electrons. The maximum Gasteiger partial charge on any atom is 0.164 e. The molecule has 0 aliphatic heterocycles. The lowest BCUT2D eigenvalue weighted by Crippen LogP contribution is -2.00. The second-order valence-electron chi connectivity index (χ2n) is 12.4. The first-order valence-electron chi connectivity index (χ1n) is 16.7. The van der Waals surface area contributed by atoms with E-state index >= 15 is 0 Å². The highest BCUT2D eigenvalue weighted by molar-refractivity contribution is 7.27. The van der Waals surface area contributed by atoms with Crippen LogP contribution in [-0.4, -0.2) is 19.5 Å². The van der Waals surface area contributed by atoms with Gasteiger partial charge in [-0.05, 0) is 35.4 Å². The van der Waals surface area contributed by atoms with Crippen molar-refractivity contribution in [1.82, 2.24) is 19.5 Å². The monoisotopic (exact) mass is 656 g/mol. The third-order valence-corrected chi connectivity index (χ3v) is 10.7. The smallest absolute Gasteiger partial charge is 0.164 e. The van der Waals surface area contributed by atoms with Crippen molar-refractivity contribution in [3.63, 3.8) is 0 Å². The predicted octanol–water partition coefficient (Wildman–Crippen LogP) is 12.0. The molecule has 0 bridgehead atoms. The molecule has 5 heteroatoms. The maximum atomic E-state index is 4.94. The summed E-state index contributed by atoms with van der Waals surface area (Å²) in [7, 11) is 0. The molecule has 0 atom stereocenters. The van der Waals surface area contributed by atoms with Crippen molar-refractivity contribution in [1.29, 1.82) is 0 Å². The Morgan fingerprint density at radius 1 is 0.360 bits per heavy atom. The SMILES string of the molecule is c1ccc(-c2nc(-c3ccccc3)nc(-c3ccc(-c4cccc5c4sc4c5ccc5c4c4ccccc4n5-c4ccccc4)cc3)n2)cc1. The minimum atomic E-state index is 0.654. The number of hydrogen-bond donors (Lipinski definition) is 0. The van der Waals surface area contributed by atoms with Crippen LogP contribution in [0.1, 0.15) is 0 Å². The minimum Gasteiger partial charge on any atom is -0.309 e. The van der Waals surface area contributed by atoms with Gasteiger partial charge in [-0.25, -0.2) is 15.0 Å². The van der Waals surface area contributed by atoms with Gasteiger partial charge in [-0.3, -0.25) is 0 Å². The minimum absolute atomic E-state index is 0.654. The van der Waals surface area contributed by atoms with Gasteiger partial charge in [0, 0.05) is 53.3 Å². The van der Waals surface area contributed by atoms with Crippen LogP contribution < -0.4 is 0 Å². The molecule has 0 N–H and O–H groups in total. The Labute approximate surface area is 292 Å². The number of aromatic nitrogens is 4. The number of para-hydroxylation sites is 2. The fourth-order valence-electron chi connectivity index (χ4n) is 7.13. The Balaban J connectivity index is 1.11. The first kappa shape index (κ1) is 28.6. The molecular formula is C45H28N4S. The molecule has 0 amide bonds. The van der Waals surface area contributed by atoms with Gasteiger partial charge in [0.25, 0.3) is 0 Å². The molecule has 50 heavy (non-hydrogen) atoms. The summed E-state index contributed by atoms with van der Waals surface area (Å²) in [5.74, 6) is 1.98. The summed E-state index contributed by atoms with van der Waals surface area (Å²) in [6, 6.07) is 59.5. The quantitative estimate of drug-likeness (QED) is 0.185. The number of hydrogen-bond acceptors (Lipinski definition) is 4. The molecule has 0 aliphatic rings. The van der Waals surface area contributed by atoms with Crippen molar-refractivity contribution in [3.05, 3.63) is 170 Å². The zero-order chi connectivity index (χ0) is 33.0. The summed E-state index contributed by atoms with van der Waals surface area (Å²) in [6.07, 6.45) is 0. The first-order chi connectivity index (χ1) is 24.8. The van der Waals surface area contributed by atoms with E-state index in [2.05, 4.69) is 114 Å². The summed E-state index contributed by atoms with van der Waals surface area (Å²) in [6.45, 7) is 0. The molecular weight excluding hydrogens is 629 g/mol. The van der Waals surface area contributed by atoms with Crippen LogP contribution in [0.4, 0.5) is 0 Å². The van der Waals surface area contributed by atoms with Crippen LogP contribution in [0.15, 0.2) is 170 Å². The topological polar surface area (TPSA) is 43.6 Å². The third kappa shape index (κ3) is 4.63. The fraction of sp³-hybridized carbons (Fsp3) is 0. The molecule has 7 aromatic carbocycles. The zero-order valence-electron chi connectivity index (χ0n) is 26.9. The van der Waals surface area contributed by atoms with Crippen LogP contribution in [0.3, 0.4) is 0 Å². The summed E-state index contributed by atoms with van der Waals surface area (Å²) < 4.78 is 5.00. The lowest BCUT2D eigenvalue weighted by atomic mass is 10.0. The molecule has 0 spiro atoms. The molecule has 10 aromatic rings. The lowest BCUT2D eigenvalue weighted by Gasteiger charge is -2.09. The summed E-state index contributed by atoms with van der Waals surface area (Å²) in [4.78, 5) is 14.7. The van der Waals surface area contributed by atoms with Crippen molar-refractivity contribution < 1.29 is 0 Å². The average Bonchev–Trinajstić information content (AvgIpc) is 3.75. The number of fused-ring (bicyclic) bond motifs is 7. The molecule has 10 rings (SSSR count). The second kappa shape index (κ2) is 11.6. The molecule has 0 radical (unpaired) electrons. The van der Waals surface area contributed by atoms with Crippen molar-refractivity contribution in [2.24, 2.45) is 0 Å². The van der Waals surface area contributed by atoms with Crippen LogP contribution in [0, 0.1) is 0 Å². The van der Waals surface area contributed by atoms with Crippen LogP contribution in [0.25, 0.3) is 93.0 Å². The van der Waals surface area contributed by atoms with Gasteiger partial charge in [0.15, 0.2) is 17.5 Å². The highest BCUT2D eigenvalue weighted by atomic mass is 32.1. The van der Waals surface area contributed by atoms with Crippen LogP contribution in [0.2, 0.25) is 0 Å². The van der Waals surface area contributed by atoms with E-state index in [1.54, 1.807) is 0 Å². The molecule has 0 saturated carbocycles. The largest absolute Gasteiger partial charge is 0.309 e. The number of nitrogens with zero attached hydrogens (tertiary/aromatic N) is 4. The average molecular weight is 657 g/mol. The molecule has 3 heterocycles. The molecule has 0 aliphatic carbocycles. The van der Waals surface area contributed by atoms with Gasteiger partial charge >= 0.3 is 0 Å². The summed E-state index contributed by atoms with van der Waals surface area (Å²) >= 11 is 1.89. The first-order valence-corrected chi connectivity index (χ1v) is 17.5. The van der Waals surface area contributed by atoms with Gasteiger partial charge < -0.3 is 4.57 Å². The van der Waals surface area contributed by atoms with Crippen molar-refractivity contribution >= 4 is 53.3 Å². The Hall–Kier alpha value is -6.43. The number of rotatable bonds is 5. The van der Waals surface area contributed by atoms with Gasteiger partial charge in [-0.2, -0.15) is 0 Å². The third-order valence-electron chi connectivity index (χ3n) is 9.47. The van der Waals surface area contributed by atoms with Gasteiger partial charge in [0.2, 0.25) is 0 Å². The van der Waals surface area contributed by atoms with Gasteiger partial charge in [0.1, 0.15) is 0 Å². The Morgan fingerprint density at radius 3 is 1.54 bits per heavy atom. The van der Waals surface area contributed by atoms with Crippen molar-refractivity contribution in [2.45, 2.75) is 0 Å². The van der Waals surface area contributed by atoms with E-state index in [-0.39, 0.29) is 0 Å². The second-order valence-corrected chi connectivity index (χ2v) is 13.4. The molecule has 0 unspecified atom stereocenters. The van der Waals surface area contributed by atoms with E-state index in [9.17, 15) is 0 Å². The fourth-order valence-corrected chi connectivity index (χ4v) is 8.52. The molecule has 3 aromatic heterocycles. The lowest BCUT2D eigenvalue weighted by molar-refractivity contribution is 1.07. The van der Waals surface area contributed by atoms with Crippen LogP contribution in [-0.2, 0) is 0 Å². The van der Waals surface area contributed by atoms with Gasteiger partial charge in [0.05, 0.1) is 11.0 Å². The standard InChI is InChI=1S/C45H28N4S/c1-4-13-30(14-5-1)43-46-44(31-15-6-2-7-16-31)48-45(47-43)32-25-23-29(24-26-32)34-20-12-21-35-36-27-28-39-40(42(36)50-41(34)35)37-19-10-11-22-38(37)49(39)33-17-8-3-9-18-33/h1-28H. The van der Waals surface area contributed by atoms with E-state index < -0.39 is 0 Å².